The van der Waals surface area contributed by atoms with Gasteiger partial charge in [-0.3, -0.25) is 4.79 Å². The molecule has 0 fully saturated rings. The van der Waals surface area contributed by atoms with Gasteiger partial charge < -0.3 is 4.79 Å². The Morgan fingerprint density at radius 1 is 1.27 bits per heavy atom. The Labute approximate surface area is 63.6 Å². The van der Waals surface area contributed by atoms with Crippen molar-refractivity contribution in [3.05, 3.63) is 0 Å². The number of carbonyl (C=O) groups is 2. The normalized spacial score (nSPS) is 11.3. The van der Waals surface area contributed by atoms with Gasteiger partial charge in [-0.1, -0.05) is 0 Å². The highest BCUT2D eigenvalue weighted by atomic mass is 19.3. The maximum Gasteiger partial charge on any atom is 0.305 e. The Kier molecular flexibility index (Phi) is 3.29. The molecule has 0 heterocycles. The first kappa shape index (κ1) is 10.2. The number of rotatable bonds is 4. The number of ketones is 2. The Morgan fingerprint density at radius 3 is 2.00 bits per heavy atom. The van der Waals surface area contributed by atoms with Gasteiger partial charge in [0.05, 0.1) is 0 Å². The van der Waals surface area contributed by atoms with Crippen molar-refractivity contribution >= 4 is 11.6 Å². The minimum absolute atomic E-state index is 0.243. The molecule has 0 N–H and O–H groups in total. The first-order valence-corrected chi connectivity index (χ1v) is 3.24. The van der Waals surface area contributed by atoms with Crippen LogP contribution in [0.2, 0.25) is 0 Å². The van der Waals surface area contributed by atoms with E-state index in [1.165, 1.54) is 6.92 Å². The van der Waals surface area contributed by atoms with E-state index >= 15 is 0 Å². The van der Waals surface area contributed by atoms with E-state index in [1.54, 1.807) is 0 Å². The Bertz CT molecular complexity index is 175. The predicted octanol–water partition coefficient (Wildman–Crippen LogP) is 1.58. The van der Waals surface area contributed by atoms with Crippen molar-refractivity contribution in [3.63, 3.8) is 0 Å². The van der Waals surface area contributed by atoms with Gasteiger partial charge in [-0.05, 0) is 6.92 Å². The molecule has 0 saturated carbocycles. The number of carbonyl (C=O) groups excluding carboxylic acids is 2. The monoisotopic (exact) mass is 164 g/mol. The molecule has 64 valence electrons. The van der Waals surface area contributed by atoms with Crippen molar-refractivity contribution in [2.24, 2.45) is 0 Å². The number of Topliss-reactive ketones (excluding diaryl/α,β-unsaturated/α-hetero) is 2. The standard InChI is InChI=1S/C7H10F2O2/c1-5(10)3-4-7(8,9)6(2)11/h3-4H2,1-2H3. The maximum atomic E-state index is 12.4. The predicted molar refractivity (Wildman–Crippen MR) is 35.5 cm³/mol. The van der Waals surface area contributed by atoms with Crippen molar-refractivity contribution in [2.75, 3.05) is 0 Å². The van der Waals surface area contributed by atoms with Crippen LogP contribution >= 0.6 is 0 Å². The zero-order valence-corrected chi connectivity index (χ0v) is 6.49. The van der Waals surface area contributed by atoms with Crippen molar-refractivity contribution in [2.45, 2.75) is 32.6 Å². The SMILES string of the molecule is CC(=O)CCC(F)(F)C(C)=O. The van der Waals surface area contributed by atoms with E-state index in [0.29, 0.717) is 0 Å². The summed E-state index contributed by atoms with van der Waals surface area (Å²) < 4.78 is 24.8. The summed E-state index contributed by atoms with van der Waals surface area (Å²) in [7, 11) is 0. The molecule has 0 aromatic heterocycles. The summed E-state index contributed by atoms with van der Waals surface area (Å²) >= 11 is 0. The van der Waals surface area contributed by atoms with Crippen LogP contribution < -0.4 is 0 Å². The Hall–Kier alpha value is -0.800. The van der Waals surface area contributed by atoms with Crippen LogP contribution in [0.1, 0.15) is 26.7 Å². The summed E-state index contributed by atoms with van der Waals surface area (Å²) in [5, 5.41) is 0. The van der Waals surface area contributed by atoms with E-state index in [9.17, 15) is 18.4 Å². The fraction of sp³-hybridized carbons (Fsp3) is 0.714. The second kappa shape index (κ2) is 3.55. The molecule has 0 saturated heterocycles. The van der Waals surface area contributed by atoms with Gasteiger partial charge in [-0.2, -0.15) is 8.78 Å². The third-order valence-electron chi connectivity index (χ3n) is 1.31. The largest absolute Gasteiger partial charge is 0.305 e. The molecule has 0 aromatic rings. The van der Waals surface area contributed by atoms with Gasteiger partial charge in [0.1, 0.15) is 5.78 Å². The number of hydrogen-bond donors (Lipinski definition) is 0. The van der Waals surface area contributed by atoms with E-state index in [-0.39, 0.29) is 12.2 Å². The van der Waals surface area contributed by atoms with Crippen molar-refractivity contribution in [1.29, 1.82) is 0 Å². The molecule has 0 amide bonds. The van der Waals surface area contributed by atoms with Gasteiger partial charge >= 0.3 is 5.92 Å². The minimum atomic E-state index is -3.33. The smallest absolute Gasteiger partial charge is 0.300 e. The second-order valence-corrected chi connectivity index (χ2v) is 2.46. The van der Waals surface area contributed by atoms with E-state index in [0.717, 1.165) is 6.92 Å². The first-order valence-electron chi connectivity index (χ1n) is 3.24. The Morgan fingerprint density at radius 2 is 1.73 bits per heavy atom. The third-order valence-corrected chi connectivity index (χ3v) is 1.31. The first-order chi connectivity index (χ1) is 4.86. The molecule has 0 radical (unpaired) electrons. The lowest BCUT2D eigenvalue weighted by Crippen LogP contribution is -2.26. The van der Waals surface area contributed by atoms with Crippen LogP contribution in [0.25, 0.3) is 0 Å². The van der Waals surface area contributed by atoms with Crippen LogP contribution in [0.15, 0.2) is 0 Å². The molecule has 0 aromatic carbocycles. The summed E-state index contributed by atoms with van der Waals surface area (Å²) in [6.07, 6.45) is -0.912. The summed E-state index contributed by atoms with van der Waals surface area (Å²) in [6, 6.07) is 0. The van der Waals surface area contributed by atoms with Crippen LogP contribution in [-0.4, -0.2) is 17.5 Å². The Balaban J connectivity index is 3.92. The second-order valence-electron chi connectivity index (χ2n) is 2.46. The fourth-order valence-corrected chi connectivity index (χ4v) is 0.509. The molecular formula is C7H10F2O2. The van der Waals surface area contributed by atoms with E-state index in [4.69, 9.17) is 0 Å². The minimum Gasteiger partial charge on any atom is -0.300 e. The molecule has 0 unspecified atom stereocenters. The molecule has 2 nitrogen and oxygen atoms in total. The number of alkyl halides is 2. The highest BCUT2D eigenvalue weighted by molar-refractivity contribution is 5.84. The topological polar surface area (TPSA) is 34.1 Å². The zero-order chi connectivity index (χ0) is 9.07. The number of hydrogen-bond acceptors (Lipinski definition) is 2. The van der Waals surface area contributed by atoms with Gasteiger partial charge in [0.2, 0.25) is 0 Å². The quantitative estimate of drug-likeness (QED) is 0.632. The van der Waals surface area contributed by atoms with Gasteiger partial charge in [-0.25, -0.2) is 0 Å². The van der Waals surface area contributed by atoms with Gasteiger partial charge in [0.15, 0.2) is 5.78 Å². The number of halogens is 2. The van der Waals surface area contributed by atoms with Crippen LogP contribution in [0, 0.1) is 0 Å². The molecule has 0 atom stereocenters. The maximum absolute atomic E-state index is 12.4. The third kappa shape index (κ3) is 3.80. The highest BCUT2D eigenvalue weighted by Crippen LogP contribution is 2.21. The van der Waals surface area contributed by atoms with Crippen LogP contribution in [0.3, 0.4) is 0 Å². The van der Waals surface area contributed by atoms with E-state index in [1.807, 2.05) is 0 Å². The van der Waals surface area contributed by atoms with Gasteiger partial charge in [-0.15, -0.1) is 0 Å². The van der Waals surface area contributed by atoms with Crippen LogP contribution in [0.5, 0.6) is 0 Å². The van der Waals surface area contributed by atoms with Crippen molar-refractivity contribution in [3.8, 4) is 0 Å². The highest BCUT2D eigenvalue weighted by Gasteiger charge is 2.34. The summed E-state index contributed by atoms with van der Waals surface area (Å²) in [5.74, 6) is -4.84. The van der Waals surface area contributed by atoms with Gasteiger partial charge in [0, 0.05) is 19.8 Å². The molecule has 0 aliphatic carbocycles. The van der Waals surface area contributed by atoms with Crippen LogP contribution in [-0.2, 0) is 9.59 Å². The molecule has 4 heteroatoms. The average Bonchev–Trinajstić information content (AvgIpc) is 1.84. The molecule has 0 bridgehead atoms. The fourth-order valence-electron chi connectivity index (χ4n) is 0.509. The van der Waals surface area contributed by atoms with Gasteiger partial charge in [0.25, 0.3) is 0 Å². The lowest BCUT2D eigenvalue weighted by molar-refractivity contribution is -0.142. The molecular weight excluding hydrogens is 154 g/mol. The molecule has 0 spiro atoms. The summed E-state index contributed by atoms with van der Waals surface area (Å²) in [5.41, 5.74) is 0. The summed E-state index contributed by atoms with van der Waals surface area (Å²) in [6.45, 7) is 2.04. The molecule has 0 aliphatic rings. The zero-order valence-electron chi connectivity index (χ0n) is 6.49. The van der Waals surface area contributed by atoms with Crippen molar-refractivity contribution in [1.82, 2.24) is 0 Å². The lowest BCUT2D eigenvalue weighted by Gasteiger charge is -2.10. The van der Waals surface area contributed by atoms with E-state index in [2.05, 4.69) is 0 Å². The average molecular weight is 164 g/mol. The lowest BCUT2D eigenvalue weighted by atomic mass is 10.1. The van der Waals surface area contributed by atoms with Crippen molar-refractivity contribution < 1.29 is 18.4 Å². The summed E-state index contributed by atoms with van der Waals surface area (Å²) in [4.78, 5) is 20.5. The molecule has 0 aliphatic heterocycles. The van der Waals surface area contributed by atoms with Crippen LogP contribution in [0.4, 0.5) is 8.78 Å². The van der Waals surface area contributed by atoms with E-state index < -0.39 is 18.1 Å². The molecule has 11 heavy (non-hydrogen) atoms. The molecule has 0 rings (SSSR count).